The van der Waals surface area contributed by atoms with Crippen molar-refractivity contribution >= 4 is 0 Å². The van der Waals surface area contributed by atoms with Gasteiger partial charge in [0.05, 0.1) is 12.1 Å². The predicted molar refractivity (Wildman–Crippen MR) is 48.1 cm³/mol. The van der Waals surface area contributed by atoms with Crippen LogP contribution in [0.1, 0.15) is 32.2 Å². The molecule has 0 bridgehead atoms. The third-order valence-electron chi connectivity index (χ3n) is 2.66. The molecule has 0 spiro atoms. The van der Waals surface area contributed by atoms with Crippen molar-refractivity contribution in [3.8, 4) is 0 Å². The van der Waals surface area contributed by atoms with E-state index in [2.05, 4.69) is 10.1 Å². The molecule has 1 aromatic heterocycles. The van der Waals surface area contributed by atoms with Crippen molar-refractivity contribution in [2.45, 2.75) is 38.3 Å². The van der Waals surface area contributed by atoms with Crippen LogP contribution in [-0.4, -0.2) is 26.0 Å². The molecular weight excluding hydrogens is 166 g/mol. The number of nitrogens with zero attached hydrogens (tertiary/aromatic N) is 3. The minimum Gasteiger partial charge on any atom is -0.391 e. The van der Waals surface area contributed by atoms with E-state index in [1.807, 2.05) is 6.92 Å². The van der Waals surface area contributed by atoms with Crippen LogP contribution in [-0.2, 0) is 0 Å². The summed E-state index contributed by atoms with van der Waals surface area (Å²) in [7, 11) is 0. The molecule has 1 heterocycles. The van der Waals surface area contributed by atoms with E-state index >= 15 is 0 Å². The second kappa shape index (κ2) is 3.46. The van der Waals surface area contributed by atoms with Crippen LogP contribution in [0.3, 0.4) is 0 Å². The third-order valence-corrected chi connectivity index (χ3v) is 2.66. The zero-order valence-corrected chi connectivity index (χ0v) is 7.80. The van der Waals surface area contributed by atoms with Crippen molar-refractivity contribution in [2.24, 2.45) is 5.92 Å². The molecule has 2 unspecified atom stereocenters. The largest absolute Gasteiger partial charge is 0.391 e. The monoisotopic (exact) mass is 181 g/mol. The molecule has 1 aliphatic rings. The number of aliphatic hydroxyl groups excluding tert-OH is 1. The van der Waals surface area contributed by atoms with E-state index in [0.29, 0.717) is 5.92 Å². The summed E-state index contributed by atoms with van der Waals surface area (Å²) in [5.74, 6) is 0.608. The van der Waals surface area contributed by atoms with Crippen molar-refractivity contribution in [1.29, 1.82) is 0 Å². The molecule has 72 valence electrons. The first-order chi connectivity index (χ1) is 6.33. The van der Waals surface area contributed by atoms with Gasteiger partial charge in [0.25, 0.3) is 0 Å². The maximum atomic E-state index is 9.81. The highest BCUT2D eigenvalue weighted by atomic mass is 16.3. The summed E-state index contributed by atoms with van der Waals surface area (Å²) in [4.78, 5) is 3.91. The van der Waals surface area contributed by atoms with Gasteiger partial charge >= 0.3 is 0 Å². The Labute approximate surface area is 77.6 Å². The van der Waals surface area contributed by atoms with Crippen LogP contribution >= 0.6 is 0 Å². The summed E-state index contributed by atoms with van der Waals surface area (Å²) in [6, 6.07) is 0.146. The Balaban J connectivity index is 2.13. The summed E-state index contributed by atoms with van der Waals surface area (Å²) >= 11 is 0. The summed E-state index contributed by atoms with van der Waals surface area (Å²) in [5.41, 5.74) is 0. The highest BCUT2D eigenvalue weighted by Crippen LogP contribution is 2.41. The van der Waals surface area contributed by atoms with E-state index in [0.717, 1.165) is 6.42 Å². The van der Waals surface area contributed by atoms with Gasteiger partial charge in [0.1, 0.15) is 12.7 Å². The average molecular weight is 181 g/mol. The predicted octanol–water partition coefficient (Wildman–Crippen LogP) is 1.00. The van der Waals surface area contributed by atoms with Gasteiger partial charge in [-0.15, -0.1) is 0 Å². The third kappa shape index (κ3) is 1.72. The van der Waals surface area contributed by atoms with Gasteiger partial charge in [-0.3, -0.25) is 0 Å². The lowest BCUT2D eigenvalue weighted by Crippen LogP contribution is -2.25. The molecule has 0 radical (unpaired) electrons. The van der Waals surface area contributed by atoms with E-state index in [1.54, 1.807) is 11.0 Å². The van der Waals surface area contributed by atoms with Crippen molar-refractivity contribution in [3.63, 3.8) is 0 Å². The van der Waals surface area contributed by atoms with E-state index < -0.39 is 0 Å². The Hall–Kier alpha value is -0.900. The molecule has 2 rings (SSSR count). The van der Waals surface area contributed by atoms with Gasteiger partial charge in [0, 0.05) is 0 Å². The molecule has 1 aromatic rings. The van der Waals surface area contributed by atoms with E-state index in [-0.39, 0.29) is 12.1 Å². The fourth-order valence-corrected chi connectivity index (χ4v) is 1.76. The summed E-state index contributed by atoms with van der Waals surface area (Å²) in [5, 5.41) is 13.9. The Morgan fingerprint density at radius 1 is 1.62 bits per heavy atom. The van der Waals surface area contributed by atoms with Gasteiger partial charge < -0.3 is 5.11 Å². The first-order valence-electron chi connectivity index (χ1n) is 4.85. The van der Waals surface area contributed by atoms with Crippen LogP contribution in [0.5, 0.6) is 0 Å². The van der Waals surface area contributed by atoms with Gasteiger partial charge in [-0.2, -0.15) is 5.10 Å². The van der Waals surface area contributed by atoms with E-state index in [1.165, 1.54) is 19.2 Å². The van der Waals surface area contributed by atoms with Gasteiger partial charge in [0.2, 0.25) is 0 Å². The zero-order valence-electron chi connectivity index (χ0n) is 7.80. The van der Waals surface area contributed by atoms with Crippen molar-refractivity contribution in [2.75, 3.05) is 0 Å². The highest BCUT2D eigenvalue weighted by molar-refractivity contribution is 4.89. The van der Waals surface area contributed by atoms with Crippen LogP contribution in [0.15, 0.2) is 12.7 Å². The number of hydrogen-bond acceptors (Lipinski definition) is 3. The highest BCUT2D eigenvalue weighted by Gasteiger charge is 2.36. The number of rotatable bonds is 4. The first-order valence-corrected chi connectivity index (χ1v) is 4.85. The standard InChI is InChI=1S/C9H15N3O/c1-2-8(13)9(7-3-4-7)12-6-10-5-11-12/h5-9,13H,2-4H2,1H3. The lowest BCUT2D eigenvalue weighted by Gasteiger charge is -2.21. The number of aromatic nitrogens is 3. The second-order valence-corrected chi connectivity index (χ2v) is 3.68. The maximum absolute atomic E-state index is 9.81. The van der Waals surface area contributed by atoms with E-state index in [4.69, 9.17) is 0 Å². The molecule has 2 atom stereocenters. The Morgan fingerprint density at radius 2 is 2.38 bits per heavy atom. The topological polar surface area (TPSA) is 50.9 Å². The molecule has 4 nitrogen and oxygen atoms in total. The van der Waals surface area contributed by atoms with Crippen molar-refractivity contribution in [1.82, 2.24) is 14.8 Å². The quantitative estimate of drug-likeness (QED) is 0.754. The minimum atomic E-state index is -0.283. The fraction of sp³-hybridized carbons (Fsp3) is 0.778. The molecule has 0 amide bonds. The average Bonchev–Trinajstić information content (AvgIpc) is 2.81. The molecule has 1 fully saturated rings. The molecule has 1 saturated carbocycles. The van der Waals surface area contributed by atoms with Gasteiger partial charge in [-0.25, -0.2) is 9.67 Å². The van der Waals surface area contributed by atoms with Crippen LogP contribution in [0.25, 0.3) is 0 Å². The Morgan fingerprint density at radius 3 is 2.85 bits per heavy atom. The lowest BCUT2D eigenvalue weighted by atomic mass is 10.0. The van der Waals surface area contributed by atoms with Gasteiger partial charge in [0.15, 0.2) is 0 Å². The molecule has 0 saturated heterocycles. The van der Waals surface area contributed by atoms with Crippen molar-refractivity contribution in [3.05, 3.63) is 12.7 Å². The first kappa shape index (κ1) is 8.69. The Kier molecular flexibility index (Phi) is 2.31. The van der Waals surface area contributed by atoms with Gasteiger partial charge in [-0.05, 0) is 25.2 Å². The fourth-order valence-electron chi connectivity index (χ4n) is 1.76. The van der Waals surface area contributed by atoms with Crippen LogP contribution in [0, 0.1) is 5.92 Å². The second-order valence-electron chi connectivity index (χ2n) is 3.68. The molecule has 0 aliphatic heterocycles. The maximum Gasteiger partial charge on any atom is 0.137 e. The Bertz CT molecular complexity index is 256. The molecular formula is C9H15N3O. The van der Waals surface area contributed by atoms with E-state index in [9.17, 15) is 5.11 Å². The zero-order chi connectivity index (χ0) is 9.26. The molecule has 4 heteroatoms. The number of aliphatic hydroxyl groups is 1. The molecule has 0 aromatic carbocycles. The van der Waals surface area contributed by atoms with Crippen LogP contribution in [0.2, 0.25) is 0 Å². The lowest BCUT2D eigenvalue weighted by molar-refractivity contribution is 0.0899. The summed E-state index contributed by atoms with van der Waals surface area (Å²) in [6.07, 6.45) is 6.14. The van der Waals surface area contributed by atoms with Crippen LogP contribution in [0.4, 0.5) is 0 Å². The normalized spacial score (nSPS) is 21.4. The smallest absolute Gasteiger partial charge is 0.137 e. The SMILES string of the molecule is CCC(O)C(C1CC1)n1cncn1. The van der Waals surface area contributed by atoms with Crippen molar-refractivity contribution < 1.29 is 5.11 Å². The summed E-state index contributed by atoms with van der Waals surface area (Å²) < 4.78 is 1.80. The summed E-state index contributed by atoms with van der Waals surface area (Å²) in [6.45, 7) is 2.00. The van der Waals surface area contributed by atoms with Gasteiger partial charge in [-0.1, -0.05) is 6.92 Å². The molecule has 1 N–H and O–H groups in total. The molecule has 1 aliphatic carbocycles. The van der Waals surface area contributed by atoms with Crippen LogP contribution < -0.4 is 0 Å². The minimum absolute atomic E-state index is 0.146. The number of hydrogen-bond donors (Lipinski definition) is 1. The molecule has 13 heavy (non-hydrogen) atoms.